The van der Waals surface area contributed by atoms with E-state index >= 15 is 0 Å². The van der Waals surface area contributed by atoms with Crippen LogP contribution in [-0.4, -0.2) is 20.2 Å². The van der Waals surface area contributed by atoms with Gasteiger partial charge in [-0.05, 0) is 38.1 Å². The van der Waals surface area contributed by atoms with Crippen LogP contribution in [-0.2, 0) is 6.42 Å². The number of likely N-dealkylation sites (N-methyl/N-ethyl adjacent to an activating group) is 1. The Balaban J connectivity index is 2.67. The molecule has 0 fully saturated rings. The first-order chi connectivity index (χ1) is 6.77. The molecule has 0 spiro atoms. The summed E-state index contributed by atoms with van der Waals surface area (Å²) < 4.78 is 5.30. The topological polar surface area (TPSA) is 21.3 Å². The Kier molecular flexibility index (Phi) is 4.47. The third-order valence-corrected chi connectivity index (χ3v) is 2.26. The fourth-order valence-electron chi connectivity index (χ4n) is 1.50. The van der Waals surface area contributed by atoms with Gasteiger partial charge in [0, 0.05) is 0 Å². The molecule has 14 heavy (non-hydrogen) atoms. The van der Waals surface area contributed by atoms with Gasteiger partial charge in [0.25, 0.3) is 0 Å². The second-order valence-electron chi connectivity index (χ2n) is 3.42. The van der Waals surface area contributed by atoms with Crippen LogP contribution in [0.15, 0.2) is 18.2 Å². The van der Waals surface area contributed by atoms with Gasteiger partial charge >= 0.3 is 0 Å². The first kappa shape index (κ1) is 11.1. The molecule has 1 N–H and O–H groups in total. The largest absolute Gasteiger partial charge is 0.496 e. The van der Waals surface area contributed by atoms with Crippen LogP contribution in [0.25, 0.3) is 0 Å². The maximum atomic E-state index is 5.30. The highest BCUT2D eigenvalue weighted by Gasteiger charge is 2.01. The zero-order chi connectivity index (χ0) is 10.4. The van der Waals surface area contributed by atoms with E-state index in [1.54, 1.807) is 7.11 Å². The van der Waals surface area contributed by atoms with Gasteiger partial charge in [-0.2, -0.15) is 0 Å². The van der Waals surface area contributed by atoms with Gasteiger partial charge in [0.15, 0.2) is 0 Å². The van der Waals surface area contributed by atoms with Gasteiger partial charge in [0.1, 0.15) is 5.75 Å². The number of hydrogen-bond acceptors (Lipinski definition) is 2. The minimum atomic E-state index is 0.994. The number of aryl methyl sites for hydroxylation is 1. The molecule has 0 aromatic heterocycles. The fraction of sp³-hybridized carbons (Fsp3) is 0.500. The summed E-state index contributed by atoms with van der Waals surface area (Å²) in [6.45, 7) is 6.26. The van der Waals surface area contributed by atoms with Gasteiger partial charge in [0.2, 0.25) is 0 Å². The predicted molar refractivity (Wildman–Crippen MR) is 60.0 cm³/mol. The van der Waals surface area contributed by atoms with E-state index in [9.17, 15) is 0 Å². The molecule has 0 unspecified atom stereocenters. The maximum absolute atomic E-state index is 5.30. The molecule has 0 heterocycles. The first-order valence-corrected chi connectivity index (χ1v) is 5.12. The van der Waals surface area contributed by atoms with Crippen molar-refractivity contribution in [2.24, 2.45) is 0 Å². The van der Waals surface area contributed by atoms with E-state index in [0.717, 1.165) is 25.3 Å². The summed E-state index contributed by atoms with van der Waals surface area (Å²) in [4.78, 5) is 0. The third kappa shape index (κ3) is 3.04. The summed E-state index contributed by atoms with van der Waals surface area (Å²) in [5.74, 6) is 0.994. The monoisotopic (exact) mass is 193 g/mol. The predicted octanol–water partition coefficient (Wildman–Crippen LogP) is 2.16. The van der Waals surface area contributed by atoms with Crippen LogP contribution in [0, 0.1) is 6.92 Å². The molecule has 0 atom stereocenters. The van der Waals surface area contributed by atoms with Gasteiger partial charge in [-0.1, -0.05) is 24.6 Å². The quantitative estimate of drug-likeness (QED) is 0.723. The molecule has 0 saturated carbocycles. The van der Waals surface area contributed by atoms with E-state index in [4.69, 9.17) is 4.74 Å². The number of methoxy groups -OCH3 is 1. The Labute approximate surface area is 86.3 Å². The molecule has 0 aliphatic carbocycles. The molecule has 2 heteroatoms. The van der Waals surface area contributed by atoms with Gasteiger partial charge in [-0.15, -0.1) is 0 Å². The zero-order valence-electron chi connectivity index (χ0n) is 9.26. The van der Waals surface area contributed by atoms with E-state index in [1.165, 1.54) is 11.1 Å². The highest BCUT2D eigenvalue weighted by molar-refractivity contribution is 5.37. The third-order valence-electron chi connectivity index (χ3n) is 2.26. The van der Waals surface area contributed by atoms with Crippen LogP contribution in [0.5, 0.6) is 5.75 Å². The molecule has 0 aliphatic rings. The standard InChI is InChI=1S/C12H19NO/c1-4-13-8-7-11-9-10(2)5-6-12(11)14-3/h5-6,9,13H,4,7-8H2,1-3H3. The number of ether oxygens (including phenoxy) is 1. The number of nitrogens with one attached hydrogen (secondary N) is 1. The van der Waals surface area contributed by atoms with E-state index in [0.29, 0.717) is 0 Å². The Bertz CT molecular complexity index is 284. The molecule has 0 amide bonds. The van der Waals surface area contributed by atoms with Crippen LogP contribution in [0.4, 0.5) is 0 Å². The minimum Gasteiger partial charge on any atom is -0.496 e. The van der Waals surface area contributed by atoms with Gasteiger partial charge in [-0.3, -0.25) is 0 Å². The Morgan fingerprint density at radius 3 is 2.79 bits per heavy atom. The Hall–Kier alpha value is -1.02. The number of hydrogen-bond donors (Lipinski definition) is 1. The smallest absolute Gasteiger partial charge is 0.122 e. The summed E-state index contributed by atoms with van der Waals surface area (Å²) in [6, 6.07) is 6.31. The van der Waals surface area contributed by atoms with Crippen LogP contribution in [0.3, 0.4) is 0 Å². The van der Waals surface area contributed by atoms with E-state index in [-0.39, 0.29) is 0 Å². The van der Waals surface area contributed by atoms with Gasteiger partial charge in [-0.25, -0.2) is 0 Å². The zero-order valence-corrected chi connectivity index (χ0v) is 9.26. The van der Waals surface area contributed by atoms with Crippen LogP contribution in [0.2, 0.25) is 0 Å². The van der Waals surface area contributed by atoms with Crippen molar-refractivity contribution in [2.75, 3.05) is 20.2 Å². The van der Waals surface area contributed by atoms with Crippen molar-refractivity contribution >= 4 is 0 Å². The summed E-state index contributed by atoms with van der Waals surface area (Å²) in [7, 11) is 1.72. The molecule has 1 aromatic rings. The Morgan fingerprint density at radius 2 is 2.14 bits per heavy atom. The van der Waals surface area contributed by atoms with Gasteiger partial charge < -0.3 is 10.1 Å². The molecule has 0 saturated heterocycles. The lowest BCUT2D eigenvalue weighted by molar-refractivity contribution is 0.409. The molecular formula is C12H19NO. The van der Waals surface area contributed by atoms with Crippen molar-refractivity contribution in [3.05, 3.63) is 29.3 Å². The van der Waals surface area contributed by atoms with Crippen molar-refractivity contribution in [3.8, 4) is 5.75 Å². The molecule has 0 radical (unpaired) electrons. The SMILES string of the molecule is CCNCCc1cc(C)ccc1OC. The maximum Gasteiger partial charge on any atom is 0.122 e. The van der Waals surface area contributed by atoms with E-state index in [1.807, 2.05) is 6.07 Å². The number of rotatable bonds is 5. The summed E-state index contributed by atoms with van der Waals surface area (Å²) in [6.07, 6.45) is 1.03. The first-order valence-electron chi connectivity index (χ1n) is 5.12. The average molecular weight is 193 g/mol. The van der Waals surface area contributed by atoms with Crippen LogP contribution in [0.1, 0.15) is 18.1 Å². The van der Waals surface area contributed by atoms with Crippen molar-refractivity contribution in [3.63, 3.8) is 0 Å². The van der Waals surface area contributed by atoms with Crippen molar-refractivity contribution in [2.45, 2.75) is 20.3 Å². The lowest BCUT2D eigenvalue weighted by Gasteiger charge is -2.09. The molecule has 1 rings (SSSR count). The second-order valence-corrected chi connectivity index (χ2v) is 3.42. The van der Waals surface area contributed by atoms with E-state index < -0.39 is 0 Å². The minimum absolute atomic E-state index is 0.994. The van der Waals surface area contributed by atoms with Crippen LogP contribution >= 0.6 is 0 Å². The molecule has 2 nitrogen and oxygen atoms in total. The highest BCUT2D eigenvalue weighted by atomic mass is 16.5. The molecule has 0 bridgehead atoms. The molecular weight excluding hydrogens is 174 g/mol. The summed E-state index contributed by atoms with van der Waals surface area (Å²) in [5.41, 5.74) is 2.57. The lowest BCUT2D eigenvalue weighted by Crippen LogP contribution is -2.16. The molecule has 1 aromatic carbocycles. The summed E-state index contributed by atoms with van der Waals surface area (Å²) >= 11 is 0. The van der Waals surface area contributed by atoms with Crippen molar-refractivity contribution < 1.29 is 4.74 Å². The van der Waals surface area contributed by atoms with E-state index in [2.05, 4.69) is 31.3 Å². The normalized spacial score (nSPS) is 10.2. The molecule has 0 aliphatic heterocycles. The second kappa shape index (κ2) is 5.66. The summed E-state index contributed by atoms with van der Waals surface area (Å²) in [5, 5.41) is 3.31. The van der Waals surface area contributed by atoms with Crippen molar-refractivity contribution in [1.82, 2.24) is 5.32 Å². The van der Waals surface area contributed by atoms with Crippen molar-refractivity contribution in [1.29, 1.82) is 0 Å². The lowest BCUT2D eigenvalue weighted by atomic mass is 10.1. The highest BCUT2D eigenvalue weighted by Crippen LogP contribution is 2.19. The number of benzene rings is 1. The molecule has 78 valence electrons. The average Bonchev–Trinajstić information content (AvgIpc) is 2.19. The van der Waals surface area contributed by atoms with Crippen LogP contribution < -0.4 is 10.1 Å². The van der Waals surface area contributed by atoms with Gasteiger partial charge in [0.05, 0.1) is 7.11 Å². The Morgan fingerprint density at radius 1 is 1.36 bits per heavy atom. The fourth-order valence-corrected chi connectivity index (χ4v) is 1.50.